The fourth-order valence-corrected chi connectivity index (χ4v) is 2.10. The number of hydrogen-bond donors (Lipinski definition) is 0. The number of carbonyl (C=O) groups excluding carboxylic acids is 1. The largest absolute Gasteiger partial charge is 0.303 e. The van der Waals surface area contributed by atoms with Crippen LogP contribution in [0.15, 0.2) is 0 Å². The summed E-state index contributed by atoms with van der Waals surface area (Å²) >= 11 is 0. The number of piperidine rings is 1. The molecule has 0 saturated carbocycles. The zero-order valence-electron chi connectivity index (χ0n) is 9.21. The minimum atomic E-state index is 0.754. The Morgan fingerprint density at radius 2 is 1.64 bits per heavy atom. The van der Waals surface area contributed by atoms with Gasteiger partial charge in [-0.05, 0) is 45.3 Å². The molecule has 0 radical (unpaired) electrons. The van der Waals surface area contributed by atoms with E-state index in [0.29, 0.717) is 0 Å². The van der Waals surface area contributed by atoms with Crippen LogP contribution in [-0.4, -0.2) is 30.8 Å². The van der Waals surface area contributed by atoms with E-state index in [-0.39, 0.29) is 0 Å². The van der Waals surface area contributed by atoms with Gasteiger partial charge in [0.15, 0.2) is 0 Å². The van der Waals surface area contributed by atoms with Crippen molar-refractivity contribution in [2.45, 2.75) is 51.4 Å². The average Bonchev–Trinajstić information content (AvgIpc) is 2.25. The predicted molar refractivity (Wildman–Crippen MR) is 59.4 cm³/mol. The number of rotatable bonds is 7. The van der Waals surface area contributed by atoms with Crippen LogP contribution < -0.4 is 0 Å². The summed E-state index contributed by atoms with van der Waals surface area (Å²) in [6.45, 7) is 3.91. The van der Waals surface area contributed by atoms with Gasteiger partial charge in [-0.15, -0.1) is 0 Å². The van der Waals surface area contributed by atoms with E-state index in [1.165, 1.54) is 58.2 Å². The van der Waals surface area contributed by atoms with Crippen LogP contribution in [0.1, 0.15) is 51.4 Å². The van der Waals surface area contributed by atoms with Crippen LogP contribution in [0, 0.1) is 0 Å². The summed E-state index contributed by atoms with van der Waals surface area (Å²) in [5, 5.41) is 0. The molecule has 1 saturated heterocycles. The van der Waals surface area contributed by atoms with Crippen LogP contribution >= 0.6 is 0 Å². The lowest BCUT2D eigenvalue weighted by Gasteiger charge is -2.26. The van der Waals surface area contributed by atoms with E-state index < -0.39 is 0 Å². The molecule has 1 aliphatic heterocycles. The van der Waals surface area contributed by atoms with Crippen molar-refractivity contribution in [3.05, 3.63) is 0 Å². The highest BCUT2D eigenvalue weighted by Gasteiger charge is 2.08. The Morgan fingerprint density at radius 3 is 2.36 bits per heavy atom. The van der Waals surface area contributed by atoms with Crippen molar-refractivity contribution in [1.82, 2.24) is 4.90 Å². The first-order chi connectivity index (χ1) is 6.93. The van der Waals surface area contributed by atoms with Gasteiger partial charge < -0.3 is 9.69 Å². The van der Waals surface area contributed by atoms with Gasteiger partial charge in [-0.25, -0.2) is 0 Å². The molecule has 2 nitrogen and oxygen atoms in total. The van der Waals surface area contributed by atoms with Crippen molar-refractivity contribution in [2.24, 2.45) is 0 Å². The SMILES string of the molecule is O=CCCCCCCN1CCCCC1. The van der Waals surface area contributed by atoms with Crippen molar-refractivity contribution < 1.29 is 4.79 Å². The standard InChI is InChI=1S/C12H23NO/c14-12-8-3-1-2-5-9-13-10-6-4-7-11-13/h12H,1-11H2. The first-order valence-electron chi connectivity index (χ1n) is 6.09. The van der Waals surface area contributed by atoms with Gasteiger partial charge in [0.05, 0.1) is 0 Å². The minimum absolute atomic E-state index is 0.754. The second kappa shape index (κ2) is 7.98. The maximum absolute atomic E-state index is 10.1. The molecule has 0 aromatic heterocycles. The zero-order valence-corrected chi connectivity index (χ0v) is 9.21. The molecule has 0 unspecified atom stereocenters. The van der Waals surface area contributed by atoms with Gasteiger partial charge in [-0.2, -0.15) is 0 Å². The molecule has 0 atom stereocenters. The Kier molecular flexibility index (Phi) is 6.67. The molecule has 0 spiro atoms. The number of nitrogens with zero attached hydrogens (tertiary/aromatic N) is 1. The third kappa shape index (κ3) is 5.38. The highest BCUT2D eigenvalue weighted by Crippen LogP contribution is 2.10. The summed E-state index contributed by atoms with van der Waals surface area (Å²) in [7, 11) is 0. The zero-order chi connectivity index (χ0) is 10.1. The molecule has 1 rings (SSSR count). The summed E-state index contributed by atoms with van der Waals surface area (Å²) < 4.78 is 0. The van der Waals surface area contributed by atoms with Crippen LogP contribution in [0.2, 0.25) is 0 Å². The highest BCUT2D eigenvalue weighted by atomic mass is 16.1. The van der Waals surface area contributed by atoms with Crippen molar-refractivity contribution in [1.29, 1.82) is 0 Å². The topological polar surface area (TPSA) is 20.3 Å². The van der Waals surface area contributed by atoms with Gasteiger partial charge >= 0.3 is 0 Å². The quantitative estimate of drug-likeness (QED) is 0.462. The Balaban J connectivity index is 1.85. The molecule has 82 valence electrons. The van der Waals surface area contributed by atoms with Crippen molar-refractivity contribution in [3.63, 3.8) is 0 Å². The average molecular weight is 197 g/mol. The molecule has 1 heterocycles. The van der Waals surface area contributed by atoms with Gasteiger partial charge in [0, 0.05) is 6.42 Å². The summed E-state index contributed by atoms with van der Waals surface area (Å²) in [6.07, 6.45) is 10.9. The van der Waals surface area contributed by atoms with E-state index in [0.717, 1.165) is 19.1 Å². The summed E-state index contributed by atoms with van der Waals surface area (Å²) in [5.41, 5.74) is 0. The van der Waals surface area contributed by atoms with Gasteiger partial charge in [-0.3, -0.25) is 0 Å². The van der Waals surface area contributed by atoms with E-state index >= 15 is 0 Å². The third-order valence-corrected chi connectivity index (χ3v) is 3.00. The Morgan fingerprint density at radius 1 is 0.929 bits per heavy atom. The lowest BCUT2D eigenvalue weighted by molar-refractivity contribution is -0.107. The molecule has 0 bridgehead atoms. The van der Waals surface area contributed by atoms with Gasteiger partial charge in [-0.1, -0.05) is 19.3 Å². The van der Waals surface area contributed by atoms with Crippen molar-refractivity contribution >= 4 is 6.29 Å². The first-order valence-corrected chi connectivity index (χ1v) is 6.09. The lowest BCUT2D eigenvalue weighted by atomic mass is 10.1. The number of unbranched alkanes of at least 4 members (excludes halogenated alkanes) is 4. The van der Waals surface area contributed by atoms with Crippen molar-refractivity contribution in [3.8, 4) is 0 Å². The van der Waals surface area contributed by atoms with E-state index in [1.54, 1.807) is 0 Å². The minimum Gasteiger partial charge on any atom is -0.303 e. The predicted octanol–water partition coefficient (Wildman–Crippen LogP) is 2.62. The van der Waals surface area contributed by atoms with E-state index in [4.69, 9.17) is 0 Å². The molecule has 2 heteroatoms. The third-order valence-electron chi connectivity index (χ3n) is 3.00. The number of likely N-dealkylation sites (tertiary alicyclic amines) is 1. The lowest BCUT2D eigenvalue weighted by Crippen LogP contribution is -2.30. The second-order valence-corrected chi connectivity index (χ2v) is 4.27. The molecular formula is C12H23NO. The highest BCUT2D eigenvalue weighted by molar-refractivity contribution is 5.48. The van der Waals surface area contributed by atoms with Gasteiger partial charge in [0.2, 0.25) is 0 Å². The molecule has 0 aromatic carbocycles. The van der Waals surface area contributed by atoms with Crippen LogP contribution in [-0.2, 0) is 4.79 Å². The molecule has 0 amide bonds. The van der Waals surface area contributed by atoms with E-state index in [1.807, 2.05) is 0 Å². The maximum Gasteiger partial charge on any atom is 0.119 e. The van der Waals surface area contributed by atoms with E-state index in [2.05, 4.69) is 4.90 Å². The normalized spacial score (nSPS) is 18.3. The van der Waals surface area contributed by atoms with Crippen molar-refractivity contribution in [2.75, 3.05) is 19.6 Å². The van der Waals surface area contributed by atoms with Crippen LogP contribution in [0.4, 0.5) is 0 Å². The van der Waals surface area contributed by atoms with Crippen LogP contribution in [0.25, 0.3) is 0 Å². The van der Waals surface area contributed by atoms with Crippen LogP contribution in [0.3, 0.4) is 0 Å². The Hall–Kier alpha value is -0.370. The van der Waals surface area contributed by atoms with Gasteiger partial charge in [0.1, 0.15) is 6.29 Å². The summed E-state index contributed by atoms with van der Waals surface area (Å²) in [4.78, 5) is 12.7. The molecule has 0 N–H and O–H groups in total. The second-order valence-electron chi connectivity index (χ2n) is 4.27. The molecule has 0 aromatic rings. The Bertz CT molecular complexity index is 141. The molecule has 1 fully saturated rings. The molecular weight excluding hydrogens is 174 g/mol. The number of carbonyl (C=O) groups is 1. The first kappa shape index (κ1) is 11.7. The van der Waals surface area contributed by atoms with E-state index in [9.17, 15) is 4.79 Å². The Labute approximate surface area is 87.7 Å². The van der Waals surface area contributed by atoms with Gasteiger partial charge in [0.25, 0.3) is 0 Å². The van der Waals surface area contributed by atoms with Crippen LogP contribution in [0.5, 0.6) is 0 Å². The number of hydrogen-bond acceptors (Lipinski definition) is 2. The monoisotopic (exact) mass is 197 g/mol. The molecule has 0 aliphatic carbocycles. The fraction of sp³-hybridized carbons (Fsp3) is 0.917. The number of aldehydes is 1. The summed E-state index contributed by atoms with van der Waals surface area (Å²) in [5.74, 6) is 0. The smallest absolute Gasteiger partial charge is 0.119 e. The maximum atomic E-state index is 10.1. The molecule has 14 heavy (non-hydrogen) atoms. The molecule has 1 aliphatic rings. The summed E-state index contributed by atoms with van der Waals surface area (Å²) in [6, 6.07) is 0. The fourth-order valence-electron chi connectivity index (χ4n) is 2.10.